The predicted molar refractivity (Wildman–Crippen MR) is 254 cm³/mol. The van der Waals surface area contributed by atoms with E-state index in [1.807, 2.05) is 12.1 Å². The van der Waals surface area contributed by atoms with Gasteiger partial charge in [0.1, 0.15) is 11.6 Å². The van der Waals surface area contributed by atoms with Crippen LogP contribution in [0.15, 0.2) is 127 Å². The number of hydrogen-bond acceptors (Lipinski definition) is 3. The monoisotopic (exact) mass is 787 g/mol. The van der Waals surface area contributed by atoms with E-state index in [-0.39, 0.29) is 21.7 Å². The molecule has 0 saturated carbocycles. The van der Waals surface area contributed by atoms with E-state index < -0.39 is 0 Å². The Morgan fingerprint density at radius 3 is 0.817 bits per heavy atom. The lowest BCUT2D eigenvalue weighted by molar-refractivity contribution is 0.590. The minimum Gasteiger partial charge on any atom is -0.294 e. The van der Waals surface area contributed by atoms with Crippen molar-refractivity contribution in [3.8, 4) is 34.4 Å². The summed E-state index contributed by atoms with van der Waals surface area (Å²) in [4.78, 5) is 15.8. The molecule has 0 saturated heterocycles. The van der Waals surface area contributed by atoms with Gasteiger partial charge in [0.15, 0.2) is 0 Å². The highest BCUT2D eigenvalue weighted by atomic mass is 15.1. The molecule has 302 valence electrons. The van der Waals surface area contributed by atoms with E-state index in [4.69, 9.17) is 15.0 Å². The number of nitrogens with zero attached hydrogens (tertiary/aromatic N) is 5. The van der Waals surface area contributed by atoms with Gasteiger partial charge in [0.2, 0.25) is 0 Å². The second-order valence-corrected chi connectivity index (χ2v) is 20.8. The molecular formula is C55H57N5. The summed E-state index contributed by atoms with van der Waals surface area (Å²) in [5.41, 5.74) is 13.2. The fourth-order valence-electron chi connectivity index (χ4n) is 8.51. The van der Waals surface area contributed by atoms with Crippen LogP contribution in [0.5, 0.6) is 0 Å². The quantitative estimate of drug-likeness (QED) is 0.178. The van der Waals surface area contributed by atoms with Gasteiger partial charge in [-0.25, -0.2) is 15.0 Å². The highest BCUT2D eigenvalue weighted by molar-refractivity contribution is 6.11. The number of rotatable bonds is 4. The first kappa shape index (κ1) is 39.4. The Bertz CT molecular complexity index is 2780. The van der Waals surface area contributed by atoms with E-state index in [0.717, 1.165) is 56.5 Å². The first-order valence-corrected chi connectivity index (χ1v) is 21.4. The van der Waals surface area contributed by atoms with E-state index in [1.54, 1.807) is 0 Å². The fraction of sp³-hybridized carbons (Fsp3) is 0.291. The molecule has 0 N–H and O–H groups in total. The van der Waals surface area contributed by atoms with Gasteiger partial charge in [-0.2, -0.15) is 0 Å². The van der Waals surface area contributed by atoms with Gasteiger partial charge in [-0.3, -0.25) is 9.13 Å². The highest BCUT2D eigenvalue weighted by Gasteiger charge is 2.24. The van der Waals surface area contributed by atoms with Crippen LogP contribution in [-0.4, -0.2) is 24.1 Å². The van der Waals surface area contributed by atoms with Crippen LogP contribution in [-0.2, 0) is 21.7 Å². The molecule has 9 rings (SSSR count). The minimum atomic E-state index is 0.0310. The van der Waals surface area contributed by atoms with Gasteiger partial charge in [0, 0.05) is 21.5 Å². The average molecular weight is 788 g/mol. The number of aromatic nitrogens is 5. The van der Waals surface area contributed by atoms with Crippen molar-refractivity contribution in [3.63, 3.8) is 0 Å². The van der Waals surface area contributed by atoms with Crippen LogP contribution in [0.25, 0.3) is 78.0 Å². The lowest BCUT2D eigenvalue weighted by Crippen LogP contribution is -2.10. The summed E-state index contributed by atoms with van der Waals surface area (Å²) < 4.78 is 4.62. The molecule has 0 bridgehead atoms. The van der Waals surface area contributed by atoms with Gasteiger partial charge in [-0.05, 0) is 129 Å². The van der Waals surface area contributed by atoms with Crippen molar-refractivity contribution in [2.45, 2.75) is 105 Å². The molecule has 5 heteroatoms. The Hall–Kier alpha value is -6.07. The standard InChI is InChI=1S/C55H57N5/c1-52(2,3)34-22-26-46-38(30-34)39-31-35(53(4,5)6)23-27-47(39)59(46)50-20-14-18-44(57-50)42-16-13-17-43(56-42)45-19-15-21-51(58-45)60-48-28-24-36(54(7,8)9)32-40(48)41-33-37(55(10,11)12)25-29-49(41)60/h13-33H,1-12H3. The Kier molecular flexibility index (Phi) is 9.02. The van der Waals surface area contributed by atoms with Gasteiger partial charge in [-0.1, -0.05) is 126 Å². The summed E-state index contributed by atoms with van der Waals surface area (Å²) in [6.07, 6.45) is 0. The lowest BCUT2D eigenvalue weighted by atomic mass is 9.85. The third-order valence-electron chi connectivity index (χ3n) is 12.2. The van der Waals surface area contributed by atoms with Crippen LogP contribution in [0.1, 0.15) is 105 Å². The summed E-state index contributed by atoms with van der Waals surface area (Å²) in [5, 5.41) is 4.98. The molecule has 0 amide bonds. The number of fused-ring (bicyclic) bond motifs is 6. The Morgan fingerprint density at radius 2 is 0.550 bits per heavy atom. The number of hydrogen-bond donors (Lipinski definition) is 0. The first-order chi connectivity index (χ1) is 28.3. The maximum Gasteiger partial charge on any atom is 0.138 e. The van der Waals surface area contributed by atoms with Crippen molar-refractivity contribution in [3.05, 3.63) is 150 Å². The van der Waals surface area contributed by atoms with E-state index >= 15 is 0 Å². The smallest absolute Gasteiger partial charge is 0.138 e. The molecule has 5 nitrogen and oxygen atoms in total. The predicted octanol–water partition coefficient (Wildman–Crippen LogP) is 14.6. The molecule has 0 aliphatic carbocycles. The molecule has 5 aromatic heterocycles. The molecule has 0 radical (unpaired) electrons. The van der Waals surface area contributed by atoms with Crippen molar-refractivity contribution in [1.82, 2.24) is 24.1 Å². The van der Waals surface area contributed by atoms with Crippen LogP contribution in [0.4, 0.5) is 0 Å². The molecule has 4 aromatic carbocycles. The van der Waals surface area contributed by atoms with Crippen molar-refractivity contribution in [2.24, 2.45) is 0 Å². The molecule has 0 fully saturated rings. The summed E-state index contributed by atoms with van der Waals surface area (Å²) in [6.45, 7) is 27.3. The molecule has 0 spiro atoms. The van der Waals surface area contributed by atoms with Crippen LogP contribution in [0, 0.1) is 0 Å². The summed E-state index contributed by atoms with van der Waals surface area (Å²) in [6, 6.07) is 46.3. The van der Waals surface area contributed by atoms with Crippen molar-refractivity contribution in [2.75, 3.05) is 0 Å². The molecule has 60 heavy (non-hydrogen) atoms. The van der Waals surface area contributed by atoms with Gasteiger partial charge in [-0.15, -0.1) is 0 Å². The minimum absolute atomic E-state index is 0.0310. The Morgan fingerprint density at radius 1 is 0.300 bits per heavy atom. The molecule has 9 aromatic rings. The zero-order valence-electron chi connectivity index (χ0n) is 37.4. The summed E-state index contributed by atoms with van der Waals surface area (Å²) in [5.74, 6) is 1.73. The van der Waals surface area contributed by atoms with Crippen molar-refractivity contribution >= 4 is 43.6 Å². The fourth-order valence-corrected chi connectivity index (χ4v) is 8.51. The van der Waals surface area contributed by atoms with Gasteiger partial charge >= 0.3 is 0 Å². The number of benzene rings is 4. The molecule has 0 aliphatic rings. The number of pyridine rings is 3. The molecule has 0 unspecified atom stereocenters. The maximum absolute atomic E-state index is 5.31. The summed E-state index contributed by atoms with van der Waals surface area (Å²) in [7, 11) is 0. The van der Waals surface area contributed by atoms with Gasteiger partial charge < -0.3 is 0 Å². The van der Waals surface area contributed by atoms with Crippen LogP contribution < -0.4 is 0 Å². The van der Waals surface area contributed by atoms with Crippen molar-refractivity contribution in [1.29, 1.82) is 0 Å². The Labute approximate surface area is 355 Å². The van der Waals surface area contributed by atoms with E-state index in [0.29, 0.717) is 0 Å². The first-order valence-electron chi connectivity index (χ1n) is 21.4. The third kappa shape index (κ3) is 6.88. The van der Waals surface area contributed by atoms with E-state index in [1.165, 1.54) is 43.8 Å². The average Bonchev–Trinajstić information content (AvgIpc) is 3.71. The van der Waals surface area contributed by atoms with Gasteiger partial charge in [0.25, 0.3) is 0 Å². The maximum atomic E-state index is 5.31. The SMILES string of the molecule is CC(C)(C)c1ccc2c(c1)c1cc(C(C)(C)C)ccc1n2-c1cccc(-c2cccc(-c3cccc(-n4c5ccc(C(C)(C)C)cc5c5cc(C(C)(C)C)ccc54)n3)n2)n1. The van der Waals surface area contributed by atoms with Gasteiger partial charge in [0.05, 0.1) is 44.8 Å². The summed E-state index contributed by atoms with van der Waals surface area (Å²) >= 11 is 0. The van der Waals surface area contributed by atoms with Crippen LogP contribution in [0.2, 0.25) is 0 Å². The molecular weight excluding hydrogens is 731 g/mol. The van der Waals surface area contributed by atoms with E-state index in [9.17, 15) is 0 Å². The topological polar surface area (TPSA) is 48.5 Å². The normalized spacial score (nSPS) is 13.0. The second-order valence-electron chi connectivity index (χ2n) is 20.8. The molecule has 0 atom stereocenters. The largest absolute Gasteiger partial charge is 0.294 e. The van der Waals surface area contributed by atoms with Crippen LogP contribution in [0.3, 0.4) is 0 Å². The molecule has 5 heterocycles. The zero-order valence-corrected chi connectivity index (χ0v) is 37.4. The van der Waals surface area contributed by atoms with Crippen molar-refractivity contribution < 1.29 is 0 Å². The third-order valence-corrected chi connectivity index (χ3v) is 12.2. The zero-order chi connectivity index (χ0) is 42.5. The van der Waals surface area contributed by atoms with E-state index in [2.05, 4.69) is 207 Å². The second kappa shape index (κ2) is 13.7. The highest BCUT2D eigenvalue weighted by Crippen LogP contribution is 2.40. The Balaban J connectivity index is 1.14. The lowest BCUT2D eigenvalue weighted by Gasteiger charge is -2.19. The molecule has 0 aliphatic heterocycles. The van der Waals surface area contributed by atoms with Crippen LogP contribution >= 0.6 is 0 Å².